The van der Waals surface area contributed by atoms with Gasteiger partial charge < -0.3 is 15.7 Å². The standard InChI is InChI=1S/C12H16N2O3/c15-11(16)8-4-5-9-13-12(17)14-10-6-2-1-3-7-10/h1-3,6-7H,4-5,8-9H2,(H,15,16)(H2,13,14,17). The predicted octanol–water partition coefficient (Wildman–Crippen LogP) is 2.06. The van der Waals surface area contributed by atoms with Crippen LogP contribution in [0.4, 0.5) is 10.5 Å². The first-order valence-corrected chi connectivity index (χ1v) is 5.50. The van der Waals surface area contributed by atoms with Crippen LogP contribution < -0.4 is 10.6 Å². The number of urea groups is 1. The monoisotopic (exact) mass is 236 g/mol. The molecule has 0 fully saturated rings. The lowest BCUT2D eigenvalue weighted by Gasteiger charge is -2.06. The molecule has 0 atom stereocenters. The first-order chi connectivity index (χ1) is 8.18. The summed E-state index contributed by atoms with van der Waals surface area (Å²) in [4.78, 5) is 21.6. The minimum absolute atomic E-state index is 0.141. The maximum Gasteiger partial charge on any atom is 0.319 e. The number of carboxylic acids is 1. The van der Waals surface area contributed by atoms with Crippen LogP contribution in [-0.2, 0) is 4.79 Å². The van der Waals surface area contributed by atoms with Crippen molar-refractivity contribution in [1.82, 2.24) is 5.32 Å². The number of carbonyl (C=O) groups is 2. The molecule has 0 aliphatic rings. The zero-order valence-electron chi connectivity index (χ0n) is 9.48. The summed E-state index contributed by atoms with van der Waals surface area (Å²) in [6.45, 7) is 0.478. The van der Waals surface area contributed by atoms with Gasteiger partial charge in [-0.3, -0.25) is 4.79 Å². The Hall–Kier alpha value is -2.04. The van der Waals surface area contributed by atoms with Gasteiger partial charge in [0.15, 0.2) is 0 Å². The fourth-order valence-corrected chi connectivity index (χ4v) is 1.30. The van der Waals surface area contributed by atoms with Crippen LogP contribution in [0.1, 0.15) is 19.3 Å². The molecule has 1 aromatic rings. The largest absolute Gasteiger partial charge is 0.481 e. The van der Waals surface area contributed by atoms with E-state index in [1.54, 1.807) is 12.1 Å². The fourth-order valence-electron chi connectivity index (χ4n) is 1.30. The second-order valence-electron chi connectivity index (χ2n) is 3.60. The summed E-state index contributed by atoms with van der Waals surface area (Å²) in [6.07, 6.45) is 1.37. The Morgan fingerprint density at radius 1 is 1.12 bits per heavy atom. The van der Waals surface area contributed by atoms with E-state index in [1.165, 1.54) is 0 Å². The number of carboxylic acid groups (broad SMARTS) is 1. The molecule has 2 amide bonds. The van der Waals surface area contributed by atoms with Gasteiger partial charge in [0.2, 0.25) is 0 Å². The molecule has 0 unspecified atom stereocenters. The summed E-state index contributed by atoms with van der Waals surface area (Å²) in [6, 6.07) is 8.86. The van der Waals surface area contributed by atoms with Gasteiger partial charge in [-0.05, 0) is 25.0 Å². The van der Waals surface area contributed by atoms with E-state index in [0.717, 1.165) is 5.69 Å². The Morgan fingerprint density at radius 3 is 2.47 bits per heavy atom. The number of nitrogens with one attached hydrogen (secondary N) is 2. The van der Waals surface area contributed by atoms with Crippen molar-refractivity contribution >= 4 is 17.7 Å². The number of rotatable bonds is 6. The van der Waals surface area contributed by atoms with Gasteiger partial charge in [0, 0.05) is 18.7 Å². The maximum atomic E-state index is 11.4. The summed E-state index contributed by atoms with van der Waals surface area (Å²) in [5.74, 6) is -0.807. The molecule has 5 nitrogen and oxygen atoms in total. The molecule has 3 N–H and O–H groups in total. The smallest absolute Gasteiger partial charge is 0.319 e. The Kier molecular flexibility index (Phi) is 5.57. The molecule has 0 heterocycles. The quantitative estimate of drug-likeness (QED) is 0.661. The molecule has 17 heavy (non-hydrogen) atoms. The van der Waals surface area contributed by atoms with Crippen molar-refractivity contribution in [3.8, 4) is 0 Å². The van der Waals surface area contributed by atoms with Gasteiger partial charge in [-0.1, -0.05) is 18.2 Å². The minimum atomic E-state index is -0.807. The molecular weight excluding hydrogens is 220 g/mol. The third-order valence-corrected chi connectivity index (χ3v) is 2.13. The topological polar surface area (TPSA) is 78.4 Å². The van der Waals surface area contributed by atoms with E-state index in [-0.39, 0.29) is 12.5 Å². The van der Waals surface area contributed by atoms with Crippen molar-refractivity contribution in [3.63, 3.8) is 0 Å². The Morgan fingerprint density at radius 2 is 1.82 bits per heavy atom. The number of hydrogen-bond acceptors (Lipinski definition) is 2. The van der Waals surface area contributed by atoms with Gasteiger partial charge in [-0.2, -0.15) is 0 Å². The summed E-state index contributed by atoms with van der Waals surface area (Å²) >= 11 is 0. The lowest BCUT2D eigenvalue weighted by Crippen LogP contribution is -2.29. The second kappa shape index (κ2) is 7.27. The third-order valence-electron chi connectivity index (χ3n) is 2.13. The summed E-state index contributed by atoms with van der Waals surface area (Å²) in [5.41, 5.74) is 0.732. The number of para-hydroxylation sites is 1. The van der Waals surface area contributed by atoms with Crippen molar-refractivity contribution in [2.24, 2.45) is 0 Å². The molecule has 0 radical (unpaired) electrons. The highest BCUT2D eigenvalue weighted by molar-refractivity contribution is 5.89. The molecule has 1 aromatic carbocycles. The molecule has 0 aliphatic carbocycles. The van der Waals surface area contributed by atoms with Gasteiger partial charge in [-0.25, -0.2) is 4.79 Å². The highest BCUT2D eigenvalue weighted by Crippen LogP contribution is 2.04. The predicted molar refractivity (Wildman–Crippen MR) is 65.0 cm³/mol. The van der Waals surface area contributed by atoms with Crippen LogP contribution >= 0.6 is 0 Å². The third kappa shape index (κ3) is 6.19. The van der Waals surface area contributed by atoms with Crippen LogP contribution in [0.25, 0.3) is 0 Å². The number of amides is 2. The van der Waals surface area contributed by atoms with E-state index in [9.17, 15) is 9.59 Å². The van der Waals surface area contributed by atoms with Crippen molar-refractivity contribution < 1.29 is 14.7 Å². The second-order valence-corrected chi connectivity index (χ2v) is 3.60. The molecular formula is C12H16N2O3. The lowest BCUT2D eigenvalue weighted by molar-refractivity contribution is -0.137. The van der Waals surface area contributed by atoms with Crippen LogP contribution in [0.15, 0.2) is 30.3 Å². The minimum Gasteiger partial charge on any atom is -0.481 e. The molecule has 0 bridgehead atoms. The Labute approximate surface area is 99.8 Å². The van der Waals surface area contributed by atoms with E-state index in [0.29, 0.717) is 19.4 Å². The van der Waals surface area contributed by atoms with Crippen LogP contribution in [0.5, 0.6) is 0 Å². The molecule has 0 saturated heterocycles. The van der Waals surface area contributed by atoms with E-state index in [4.69, 9.17) is 5.11 Å². The summed E-state index contributed by atoms with van der Waals surface area (Å²) in [7, 11) is 0. The zero-order valence-corrected chi connectivity index (χ0v) is 9.48. The summed E-state index contributed by atoms with van der Waals surface area (Å²) < 4.78 is 0. The van der Waals surface area contributed by atoms with Gasteiger partial charge in [0.1, 0.15) is 0 Å². The molecule has 0 spiro atoms. The average Bonchev–Trinajstić information content (AvgIpc) is 2.29. The van der Waals surface area contributed by atoms with Gasteiger partial charge in [0.25, 0.3) is 0 Å². The fraction of sp³-hybridized carbons (Fsp3) is 0.333. The Balaban J connectivity index is 2.12. The van der Waals surface area contributed by atoms with Crippen LogP contribution in [0.3, 0.4) is 0 Å². The van der Waals surface area contributed by atoms with E-state index < -0.39 is 5.97 Å². The normalized spacial score (nSPS) is 9.65. The number of hydrogen-bond donors (Lipinski definition) is 3. The van der Waals surface area contributed by atoms with Gasteiger partial charge in [-0.15, -0.1) is 0 Å². The molecule has 92 valence electrons. The average molecular weight is 236 g/mol. The van der Waals surface area contributed by atoms with Crippen LogP contribution in [-0.4, -0.2) is 23.7 Å². The van der Waals surface area contributed by atoms with Gasteiger partial charge in [0.05, 0.1) is 0 Å². The van der Waals surface area contributed by atoms with Crippen molar-refractivity contribution in [2.75, 3.05) is 11.9 Å². The number of unbranched alkanes of at least 4 members (excludes halogenated alkanes) is 1. The zero-order chi connectivity index (χ0) is 12.5. The molecule has 0 saturated carbocycles. The van der Waals surface area contributed by atoms with E-state index in [2.05, 4.69) is 10.6 Å². The van der Waals surface area contributed by atoms with E-state index >= 15 is 0 Å². The SMILES string of the molecule is O=C(O)CCCCNC(=O)Nc1ccccc1. The van der Waals surface area contributed by atoms with Crippen molar-refractivity contribution in [1.29, 1.82) is 0 Å². The van der Waals surface area contributed by atoms with E-state index in [1.807, 2.05) is 18.2 Å². The number of aliphatic carboxylic acids is 1. The molecule has 0 aliphatic heterocycles. The van der Waals surface area contributed by atoms with Gasteiger partial charge >= 0.3 is 12.0 Å². The first kappa shape index (κ1) is 13.0. The van der Waals surface area contributed by atoms with Crippen LogP contribution in [0.2, 0.25) is 0 Å². The number of anilines is 1. The number of carbonyl (C=O) groups excluding carboxylic acids is 1. The Bertz CT molecular complexity index is 365. The molecule has 5 heteroatoms. The lowest BCUT2D eigenvalue weighted by atomic mass is 10.2. The van der Waals surface area contributed by atoms with Crippen molar-refractivity contribution in [2.45, 2.75) is 19.3 Å². The highest BCUT2D eigenvalue weighted by atomic mass is 16.4. The maximum absolute atomic E-state index is 11.4. The van der Waals surface area contributed by atoms with Crippen LogP contribution in [0, 0.1) is 0 Å². The highest BCUT2D eigenvalue weighted by Gasteiger charge is 2.00. The molecule has 1 rings (SSSR count). The number of benzene rings is 1. The first-order valence-electron chi connectivity index (χ1n) is 5.50. The van der Waals surface area contributed by atoms with Crippen molar-refractivity contribution in [3.05, 3.63) is 30.3 Å². The summed E-state index contributed by atoms with van der Waals surface area (Å²) in [5, 5.41) is 13.8. The molecule has 0 aromatic heterocycles.